The first-order valence-electron chi connectivity index (χ1n) is 7.64. The van der Waals surface area contributed by atoms with Gasteiger partial charge in [0, 0.05) is 23.8 Å². The van der Waals surface area contributed by atoms with E-state index >= 15 is 0 Å². The van der Waals surface area contributed by atoms with E-state index in [0.717, 1.165) is 23.5 Å². The monoisotopic (exact) mass is 279 g/mol. The van der Waals surface area contributed by atoms with Gasteiger partial charge in [0.2, 0.25) is 0 Å². The van der Waals surface area contributed by atoms with E-state index in [2.05, 4.69) is 31.7 Å². The van der Waals surface area contributed by atoms with Gasteiger partial charge in [-0.2, -0.15) is 0 Å². The van der Waals surface area contributed by atoms with E-state index in [-0.39, 0.29) is 0 Å². The Morgan fingerprint density at radius 1 is 1.20 bits per heavy atom. The second kappa shape index (κ2) is 8.15. The van der Waals surface area contributed by atoms with Crippen LogP contribution < -0.4 is 9.64 Å². The first-order chi connectivity index (χ1) is 9.52. The van der Waals surface area contributed by atoms with Crippen LogP contribution in [-0.4, -0.2) is 24.8 Å². The van der Waals surface area contributed by atoms with Gasteiger partial charge in [-0.3, -0.25) is 0 Å². The first kappa shape index (κ1) is 16.8. The Labute approximate surface area is 123 Å². The number of aliphatic hydroxyl groups is 1. The number of unbranched alkanes of at least 4 members (excludes halogenated alkanes) is 2. The lowest BCUT2D eigenvalue weighted by Crippen LogP contribution is -2.32. The summed E-state index contributed by atoms with van der Waals surface area (Å²) in [4.78, 5) is 2.36. The van der Waals surface area contributed by atoms with Crippen molar-refractivity contribution in [3.63, 3.8) is 0 Å². The van der Waals surface area contributed by atoms with Crippen molar-refractivity contribution >= 4 is 5.69 Å². The molecule has 1 atom stereocenters. The lowest BCUT2D eigenvalue weighted by molar-refractivity contribution is 0.194. The summed E-state index contributed by atoms with van der Waals surface area (Å²) in [5, 5.41) is 10.1. The Morgan fingerprint density at radius 2 is 1.90 bits per heavy atom. The average Bonchev–Trinajstić information content (AvgIpc) is 2.42. The van der Waals surface area contributed by atoms with Crippen molar-refractivity contribution in [3.05, 3.63) is 23.8 Å². The van der Waals surface area contributed by atoms with Crippen molar-refractivity contribution in [3.8, 4) is 5.75 Å². The van der Waals surface area contributed by atoms with E-state index in [0.29, 0.717) is 6.04 Å². The molecule has 0 saturated carbocycles. The van der Waals surface area contributed by atoms with Crippen LogP contribution in [0.1, 0.15) is 58.6 Å². The highest BCUT2D eigenvalue weighted by atomic mass is 16.5. The van der Waals surface area contributed by atoms with Gasteiger partial charge < -0.3 is 14.7 Å². The zero-order chi connectivity index (χ0) is 15.1. The highest BCUT2D eigenvalue weighted by Crippen LogP contribution is 2.35. The average molecular weight is 279 g/mol. The maximum Gasteiger partial charge on any atom is 0.126 e. The van der Waals surface area contributed by atoms with Gasteiger partial charge in [-0.15, -0.1) is 0 Å². The molecule has 114 valence electrons. The van der Waals surface area contributed by atoms with Crippen molar-refractivity contribution in [2.45, 2.75) is 59.1 Å². The Morgan fingerprint density at radius 3 is 2.40 bits per heavy atom. The van der Waals surface area contributed by atoms with Gasteiger partial charge in [0.1, 0.15) is 5.75 Å². The molecule has 0 amide bonds. The van der Waals surface area contributed by atoms with Gasteiger partial charge in [-0.05, 0) is 39.3 Å². The summed E-state index contributed by atoms with van der Waals surface area (Å²) >= 11 is 0. The normalized spacial score (nSPS) is 12.6. The highest BCUT2D eigenvalue weighted by molar-refractivity contribution is 5.60. The third-order valence-corrected chi connectivity index (χ3v) is 3.62. The Kier molecular flexibility index (Phi) is 6.86. The number of rotatable bonds is 8. The molecule has 1 rings (SSSR count). The van der Waals surface area contributed by atoms with Gasteiger partial charge in [0.25, 0.3) is 0 Å². The minimum absolute atomic E-state index is 0.400. The summed E-state index contributed by atoms with van der Waals surface area (Å²) in [5.74, 6) is 0.763. The lowest BCUT2D eigenvalue weighted by atomic mass is 10.0. The quantitative estimate of drug-likeness (QED) is 0.725. The Hall–Kier alpha value is -1.22. The fourth-order valence-electron chi connectivity index (χ4n) is 2.57. The van der Waals surface area contributed by atoms with Crippen molar-refractivity contribution in [2.75, 3.05) is 18.6 Å². The van der Waals surface area contributed by atoms with Gasteiger partial charge >= 0.3 is 0 Å². The molecule has 0 aliphatic carbocycles. The molecule has 1 aromatic rings. The molecule has 0 aromatic heterocycles. The SMILES string of the molecule is CCCCCN(c1cccc(OC)c1[C@@H](C)O)C(C)C. The molecule has 1 aromatic carbocycles. The van der Waals surface area contributed by atoms with Gasteiger partial charge in [-0.25, -0.2) is 0 Å². The largest absolute Gasteiger partial charge is 0.496 e. The molecule has 3 heteroatoms. The molecule has 0 saturated heterocycles. The van der Waals surface area contributed by atoms with E-state index < -0.39 is 6.10 Å². The predicted octanol–water partition coefficient (Wildman–Crippen LogP) is 4.15. The number of anilines is 1. The second-order valence-corrected chi connectivity index (χ2v) is 5.56. The van der Waals surface area contributed by atoms with E-state index in [4.69, 9.17) is 4.74 Å². The van der Waals surface area contributed by atoms with Crippen LogP contribution in [0.25, 0.3) is 0 Å². The van der Waals surface area contributed by atoms with Crippen LogP contribution in [0, 0.1) is 0 Å². The smallest absolute Gasteiger partial charge is 0.126 e. The van der Waals surface area contributed by atoms with Gasteiger partial charge in [0.15, 0.2) is 0 Å². The van der Waals surface area contributed by atoms with E-state index in [1.165, 1.54) is 19.3 Å². The van der Waals surface area contributed by atoms with Gasteiger partial charge in [-0.1, -0.05) is 25.8 Å². The zero-order valence-corrected chi connectivity index (χ0v) is 13.5. The van der Waals surface area contributed by atoms with Crippen molar-refractivity contribution in [1.29, 1.82) is 0 Å². The number of ether oxygens (including phenoxy) is 1. The topological polar surface area (TPSA) is 32.7 Å². The van der Waals surface area contributed by atoms with Crippen LogP contribution in [0.15, 0.2) is 18.2 Å². The number of methoxy groups -OCH3 is 1. The van der Waals surface area contributed by atoms with Crippen LogP contribution in [-0.2, 0) is 0 Å². The molecular weight excluding hydrogens is 250 g/mol. The van der Waals surface area contributed by atoms with Crippen molar-refractivity contribution < 1.29 is 9.84 Å². The molecule has 0 heterocycles. The molecule has 20 heavy (non-hydrogen) atoms. The number of nitrogens with zero attached hydrogens (tertiary/aromatic N) is 1. The predicted molar refractivity (Wildman–Crippen MR) is 85.6 cm³/mol. The Balaban J connectivity index is 3.12. The Bertz CT molecular complexity index is 402. The first-order valence-corrected chi connectivity index (χ1v) is 7.64. The molecule has 0 aliphatic rings. The van der Waals surface area contributed by atoms with E-state index in [1.54, 1.807) is 14.0 Å². The number of benzene rings is 1. The number of hydrogen-bond acceptors (Lipinski definition) is 3. The van der Waals surface area contributed by atoms with Crippen molar-refractivity contribution in [1.82, 2.24) is 0 Å². The zero-order valence-electron chi connectivity index (χ0n) is 13.5. The van der Waals surface area contributed by atoms with Crippen LogP contribution in [0.4, 0.5) is 5.69 Å². The molecule has 0 spiro atoms. The molecule has 0 aliphatic heterocycles. The van der Waals surface area contributed by atoms with Crippen LogP contribution in [0.2, 0.25) is 0 Å². The number of hydrogen-bond donors (Lipinski definition) is 1. The molecule has 0 fully saturated rings. The molecule has 0 radical (unpaired) electrons. The minimum atomic E-state index is -0.534. The summed E-state index contributed by atoms with van der Waals surface area (Å²) in [6.45, 7) is 9.41. The van der Waals surface area contributed by atoms with E-state index in [1.807, 2.05) is 12.1 Å². The van der Waals surface area contributed by atoms with Crippen LogP contribution in [0.5, 0.6) is 5.75 Å². The minimum Gasteiger partial charge on any atom is -0.496 e. The molecule has 0 unspecified atom stereocenters. The third-order valence-electron chi connectivity index (χ3n) is 3.62. The molecule has 1 N–H and O–H groups in total. The van der Waals surface area contributed by atoms with E-state index in [9.17, 15) is 5.11 Å². The highest BCUT2D eigenvalue weighted by Gasteiger charge is 2.20. The summed E-state index contributed by atoms with van der Waals surface area (Å²) in [6, 6.07) is 6.39. The molecular formula is C17H29NO2. The van der Waals surface area contributed by atoms with Crippen LogP contribution >= 0.6 is 0 Å². The summed E-state index contributed by atoms with van der Waals surface area (Å²) in [7, 11) is 1.65. The maximum atomic E-state index is 10.1. The number of aliphatic hydroxyl groups excluding tert-OH is 1. The maximum absolute atomic E-state index is 10.1. The van der Waals surface area contributed by atoms with Crippen LogP contribution in [0.3, 0.4) is 0 Å². The van der Waals surface area contributed by atoms with Crippen molar-refractivity contribution in [2.24, 2.45) is 0 Å². The van der Waals surface area contributed by atoms with Gasteiger partial charge in [0.05, 0.1) is 13.2 Å². The third kappa shape index (κ3) is 4.14. The standard InChI is InChI=1S/C17H29NO2/c1-6-7-8-12-18(13(2)3)15-10-9-11-16(20-5)17(15)14(4)19/h9-11,13-14,19H,6-8,12H2,1-5H3/t14-/m1/s1. The molecule has 3 nitrogen and oxygen atoms in total. The fourth-order valence-corrected chi connectivity index (χ4v) is 2.57. The summed E-state index contributed by atoms with van der Waals surface area (Å²) < 4.78 is 5.42. The second-order valence-electron chi connectivity index (χ2n) is 5.56. The fraction of sp³-hybridized carbons (Fsp3) is 0.647. The molecule has 0 bridgehead atoms. The summed E-state index contributed by atoms with van der Waals surface area (Å²) in [6.07, 6.45) is 3.09. The lowest BCUT2D eigenvalue weighted by Gasteiger charge is -2.32. The summed E-state index contributed by atoms with van der Waals surface area (Å²) in [5.41, 5.74) is 1.98.